The molecule has 1 aromatic carbocycles. The molecule has 0 aliphatic heterocycles. The number of methoxy groups -OCH3 is 1. The molecule has 4 heteroatoms. The van der Waals surface area contributed by atoms with Crippen LogP contribution in [0.4, 0.5) is 0 Å². The second-order valence-electron chi connectivity index (χ2n) is 3.91. The van der Waals surface area contributed by atoms with Crippen molar-refractivity contribution in [3.05, 3.63) is 29.8 Å². The number of aliphatic carboxylic acids is 1. The van der Waals surface area contributed by atoms with Crippen molar-refractivity contribution in [3.63, 3.8) is 0 Å². The zero-order valence-corrected chi connectivity index (χ0v) is 10.8. The Morgan fingerprint density at radius 2 is 2.22 bits per heavy atom. The van der Waals surface area contributed by atoms with Gasteiger partial charge in [0.15, 0.2) is 0 Å². The normalized spacial score (nSPS) is 12.4. The summed E-state index contributed by atoms with van der Waals surface area (Å²) < 4.78 is 10.8. The Hall–Kier alpha value is -1.97. The molecule has 98 valence electrons. The minimum Gasteiger partial charge on any atom is -0.497 e. The van der Waals surface area contributed by atoms with Gasteiger partial charge in [0, 0.05) is 11.6 Å². The van der Waals surface area contributed by atoms with E-state index in [1.807, 2.05) is 13.8 Å². The first kappa shape index (κ1) is 14.1. The van der Waals surface area contributed by atoms with Crippen LogP contribution < -0.4 is 9.47 Å². The molecule has 0 saturated heterocycles. The van der Waals surface area contributed by atoms with Crippen LogP contribution in [0, 0.1) is 0 Å². The van der Waals surface area contributed by atoms with Gasteiger partial charge in [-0.25, -0.2) is 4.79 Å². The van der Waals surface area contributed by atoms with Gasteiger partial charge in [0.05, 0.1) is 13.2 Å². The summed E-state index contributed by atoms with van der Waals surface area (Å²) in [6, 6.07) is 5.32. The van der Waals surface area contributed by atoms with E-state index in [1.165, 1.54) is 6.08 Å². The van der Waals surface area contributed by atoms with E-state index in [2.05, 4.69) is 0 Å². The van der Waals surface area contributed by atoms with E-state index < -0.39 is 5.97 Å². The van der Waals surface area contributed by atoms with Crippen molar-refractivity contribution in [2.75, 3.05) is 7.11 Å². The highest BCUT2D eigenvalue weighted by Gasteiger charge is 2.07. The lowest BCUT2D eigenvalue weighted by atomic mass is 10.1. The highest BCUT2D eigenvalue weighted by Crippen LogP contribution is 2.26. The number of ether oxygens (including phenoxy) is 2. The van der Waals surface area contributed by atoms with Gasteiger partial charge in [-0.15, -0.1) is 0 Å². The van der Waals surface area contributed by atoms with Crippen LogP contribution in [0.3, 0.4) is 0 Å². The second-order valence-corrected chi connectivity index (χ2v) is 3.91. The summed E-state index contributed by atoms with van der Waals surface area (Å²) in [7, 11) is 1.56. The SMILES string of the molecule is CCC(C)Oc1ccc(OC)cc1/C=C/C(=O)O. The fourth-order valence-electron chi connectivity index (χ4n) is 1.35. The third kappa shape index (κ3) is 4.13. The standard InChI is InChI=1S/C14H18O4/c1-4-10(2)18-13-7-6-12(17-3)9-11(13)5-8-14(15)16/h5-10H,4H2,1-3H3,(H,15,16)/b8-5+. The number of hydrogen-bond donors (Lipinski definition) is 1. The molecule has 1 atom stereocenters. The Bertz CT molecular complexity index is 437. The monoisotopic (exact) mass is 250 g/mol. The molecule has 18 heavy (non-hydrogen) atoms. The molecule has 0 fully saturated rings. The number of carboxylic acids is 1. The molecule has 1 aromatic rings. The predicted octanol–water partition coefficient (Wildman–Crippen LogP) is 2.97. The lowest BCUT2D eigenvalue weighted by molar-refractivity contribution is -0.131. The lowest BCUT2D eigenvalue weighted by Gasteiger charge is -2.15. The summed E-state index contributed by atoms with van der Waals surface area (Å²) in [5.41, 5.74) is 0.692. The smallest absolute Gasteiger partial charge is 0.328 e. The van der Waals surface area contributed by atoms with Crippen molar-refractivity contribution < 1.29 is 19.4 Å². The third-order valence-electron chi connectivity index (χ3n) is 2.53. The third-order valence-corrected chi connectivity index (χ3v) is 2.53. The number of hydrogen-bond acceptors (Lipinski definition) is 3. The Balaban J connectivity index is 3.03. The minimum atomic E-state index is -0.993. The molecular weight excluding hydrogens is 232 g/mol. The van der Waals surface area contributed by atoms with Gasteiger partial charge in [0.25, 0.3) is 0 Å². The van der Waals surface area contributed by atoms with E-state index in [9.17, 15) is 4.79 Å². The van der Waals surface area contributed by atoms with Crippen LogP contribution in [0.2, 0.25) is 0 Å². The molecule has 0 heterocycles. The van der Waals surface area contributed by atoms with E-state index in [0.717, 1.165) is 12.5 Å². The fraction of sp³-hybridized carbons (Fsp3) is 0.357. The Morgan fingerprint density at radius 1 is 1.50 bits per heavy atom. The summed E-state index contributed by atoms with van der Waals surface area (Å²) in [5, 5.41) is 8.66. The van der Waals surface area contributed by atoms with Crippen molar-refractivity contribution in [2.45, 2.75) is 26.4 Å². The van der Waals surface area contributed by atoms with E-state index >= 15 is 0 Å². The number of carbonyl (C=O) groups is 1. The zero-order valence-electron chi connectivity index (χ0n) is 10.8. The van der Waals surface area contributed by atoms with Gasteiger partial charge in [-0.1, -0.05) is 6.92 Å². The molecule has 0 radical (unpaired) electrons. The highest BCUT2D eigenvalue weighted by molar-refractivity contribution is 5.86. The molecule has 0 amide bonds. The van der Waals surface area contributed by atoms with Gasteiger partial charge < -0.3 is 14.6 Å². The van der Waals surface area contributed by atoms with Gasteiger partial charge in [0.1, 0.15) is 11.5 Å². The molecular formula is C14H18O4. The number of rotatable bonds is 6. The van der Waals surface area contributed by atoms with E-state index in [1.54, 1.807) is 25.3 Å². The van der Waals surface area contributed by atoms with Crippen molar-refractivity contribution in [2.24, 2.45) is 0 Å². The van der Waals surface area contributed by atoms with E-state index in [4.69, 9.17) is 14.6 Å². The second kappa shape index (κ2) is 6.69. The molecule has 1 rings (SSSR count). The molecule has 1 unspecified atom stereocenters. The van der Waals surface area contributed by atoms with Crippen molar-refractivity contribution >= 4 is 12.0 Å². The average molecular weight is 250 g/mol. The van der Waals surface area contributed by atoms with Crippen LogP contribution in [0.1, 0.15) is 25.8 Å². The van der Waals surface area contributed by atoms with Crippen LogP contribution in [0.15, 0.2) is 24.3 Å². The van der Waals surface area contributed by atoms with Gasteiger partial charge in [-0.3, -0.25) is 0 Å². The lowest BCUT2D eigenvalue weighted by Crippen LogP contribution is -2.10. The minimum absolute atomic E-state index is 0.0790. The van der Waals surface area contributed by atoms with Gasteiger partial charge in [-0.2, -0.15) is 0 Å². The first-order valence-electron chi connectivity index (χ1n) is 5.82. The van der Waals surface area contributed by atoms with E-state index in [0.29, 0.717) is 17.1 Å². The molecule has 0 bridgehead atoms. The molecule has 1 N–H and O–H groups in total. The van der Waals surface area contributed by atoms with Crippen LogP contribution >= 0.6 is 0 Å². The van der Waals surface area contributed by atoms with Crippen LogP contribution in [0.5, 0.6) is 11.5 Å². The Kier molecular flexibility index (Phi) is 5.24. The molecule has 4 nitrogen and oxygen atoms in total. The first-order valence-corrected chi connectivity index (χ1v) is 5.82. The highest BCUT2D eigenvalue weighted by atomic mass is 16.5. The Labute approximate surface area is 107 Å². The summed E-state index contributed by atoms with van der Waals surface area (Å²) in [6.45, 7) is 4.00. The maximum absolute atomic E-state index is 10.6. The topological polar surface area (TPSA) is 55.8 Å². The van der Waals surface area contributed by atoms with Gasteiger partial charge >= 0.3 is 5.97 Å². The number of carboxylic acid groups (broad SMARTS) is 1. The maximum Gasteiger partial charge on any atom is 0.328 e. The van der Waals surface area contributed by atoms with Crippen LogP contribution in [-0.2, 0) is 4.79 Å². The molecule has 0 saturated carbocycles. The fourth-order valence-corrected chi connectivity index (χ4v) is 1.35. The summed E-state index contributed by atoms with van der Waals surface area (Å²) in [4.78, 5) is 10.6. The average Bonchev–Trinajstić information content (AvgIpc) is 2.37. The predicted molar refractivity (Wildman–Crippen MR) is 70.0 cm³/mol. The van der Waals surface area contributed by atoms with Crippen molar-refractivity contribution in [1.82, 2.24) is 0 Å². The van der Waals surface area contributed by atoms with Crippen molar-refractivity contribution in [3.8, 4) is 11.5 Å². The van der Waals surface area contributed by atoms with Gasteiger partial charge in [-0.05, 0) is 37.6 Å². The van der Waals surface area contributed by atoms with Crippen LogP contribution in [-0.4, -0.2) is 24.3 Å². The molecule has 0 aromatic heterocycles. The molecule has 0 aliphatic carbocycles. The quantitative estimate of drug-likeness (QED) is 0.788. The Morgan fingerprint density at radius 3 is 2.78 bits per heavy atom. The van der Waals surface area contributed by atoms with E-state index in [-0.39, 0.29) is 6.10 Å². The summed E-state index contributed by atoms with van der Waals surface area (Å²) in [6.07, 6.45) is 3.55. The summed E-state index contributed by atoms with van der Waals surface area (Å²) in [5.74, 6) is 0.325. The number of benzene rings is 1. The summed E-state index contributed by atoms with van der Waals surface area (Å²) >= 11 is 0. The maximum atomic E-state index is 10.6. The van der Waals surface area contributed by atoms with Crippen LogP contribution in [0.25, 0.3) is 6.08 Å². The van der Waals surface area contributed by atoms with Gasteiger partial charge in [0.2, 0.25) is 0 Å². The first-order chi connectivity index (χ1) is 8.56. The largest absolute Gasteiger partial charge is 0.497 e. The molecule has 0 aliphatic rings. The zero-order chi connectivity index (χ0) is 13.5. The van der Waals surface area contributed by atoms with Crippen molar-refractivity contribution in [1.29, 1.82) is 0 Å². The molecule has 0 spiro atoms.